The Hall–Kier alpha value is -1.40. The van der Waals surface area contributed by atoms with Crippen LogP contribution in [0.1, 0.15) is 28.2 Å². The van der Waals surface area contributed by atoms with Crippen molar-refractivity contribution in [1.82, 2.24) is 15.6 Å². The molecule has 0 amide bonds. The Labute approximate surface area is 190 Å². The first kappa shape index (κ1) is 25.6. The van der Waals surface area contributed by atoms with E-state index in [0.29, 0.717) is 18.1 Å². The topological polar surface area (TPSA) is 58.5 Å². The number of nitrogens with zero attached hydrogens (tertiary/aromatic N) is 2. The number of aromatic nitrogens is 1. The number of hydrogen-bond acceptors (Lipinski definition) is 4. The van der Waals surface area contributed by atoms with Crippen molar-refractivity contribution in [3.8, 4) is 0 Å². The maximum Gasteiger partial charge on any atom is 0.411 e. The number of benzene rings is 1. The molecule has 0 atom stereocenters. The predicted octanol–water partition coefficient (Wildman–Crippen LogP) is 4.45. The summed E-state index contributed by atoms with van der Waals surface area (Å²) in [6, 6.07) is 7.24. The maximum absolute atomic E-state index is 12.1. The van der Waals surface area contributed by atoms with Gasteiger partial charge >= 0.3 is 6.18 Å². The molecule has 2 aromatic rings. The highest BCUT2D eigenvalue weighted by Crippen LogP contribution is 2.16. The van der Waals surface area contributed by atoms with Gasteiger partial charge in [0.15, 0.2) is 5.96 Å². The van der Waals surface area contributed by atoms with Gasteiger partial charge in [-0.15, -0.1) is 35.3 Å². The molecule has 10 heteroatoms. The maximum atomic E-state index is 12.1. The zero-order valence-corrected chi connectivity index (χ0v) is 19.5. The number of nitrogens with one attached hydrogen (secondary N) is 2. The summed E-state index contributed by atoms with van der Waals surface area (Å²) in [5.74, 6) is 0.702. The summed E-state index contributed by atoms with van der Waals surface area (Å²) >= 11 is 1.68. The lowest BCUT2D eigenvalue weighted by molar-refractivity contribution is -0.176. The summed E-state index contributed by atoms with van der Waals surface area (Å²) in [4.78, 5) is 8.63. The number of halogens is 4. The SMILES string of the molecule is CN=C(NCCCc1nc(C)cs1)NCc1ccc(COCC(F)(F)F)cc1.I. The first-order chi connectivity index (χ1) is 13.4. The fourth-order valence-corrected chi connectivity index (χ4v) is 3.23. The molecule has 0 unspecified atom stereocenters. The first-order valence-electron chi connectivity index (χ1n) is 8.93. The molecule has 5 nitrogen and oxygen atoms in total. The van der Waals surface area contributed by atoms with E-state index in [0.717, 1.165) is 35.7 Å². The summed E-state index contributed by atoms with van der Waals surface area (Å²) in [6.45, 7) is 2.05. The van der Waals surface area contributed by atoms with Crippen molar-refractivity contribution in [2.24, 2.45) is 4.99 Å². The molecule has 1 aromatic carbocycles. The molecule has 1 aromatic heterocycles. The second-order valence-corrected chi connectivity index (χ2v) is 7.21. The number of guanidine groups is 1. The third-order valence-corrected chi connectivity index (χ3v) is 4.79. The summed E-state index contributed by atoms with van der Waals surface area (Å²) < 4.78 is 40.9. The molecular formula is C19H26F3IN4OS. The van der Waals surface area contributed by atoms with Gasteiger partial charge in [0.05, 0.1) is 11.6 Å². The normalized spacial score (nSPS) is 11.8. The van der Waals surface area contributed by atoms with Crippen molar-refractivity contribution in [2.75, 3.05) is 20.2 Å². The van der Waals surface area contributed by atoms with Crippen LogP contribution in [0.2, 0.25) is 0 Å². The minimum Gasteiger partial charge on any atom is -0.367 e. The minimum absolute atomic E-state index is 0. The van der Waals surface area contributed by atoms with E-state index < -0.39 is 12.8 Å². The minimum atomic E-state index is -4.30. The molecule has 0 saturated heterocycles. The predicted molar refractivity (Wildman–Crippen MR) is 121 cm³/mol. The van der Waals surface area contributed by atoms with Gasteiger partial charge in [0.2, 0.25) is 0 Å². The van der Waals surface area contributed by atoms with Gasteiger partial charge in [0, 0.05) is 37.6 Å². The average molecular weight is 542 g/mol. The number of aryl methyl sites for hydroxylation is 2. The smallest absolute Gasteiger partial charge is 0.367 e. The van der Waals surface area contributed by atoms with E-state index in [4.69, 9.17) is 0 Å². The van der Waals surface area contributed by atoms with E-state index in [-0.39, 0.29) is 30.6 Å². The average Bonchev–Trinajstić information content (AvgIpc) is 3.06. The molecule has 0 spiro atoms. The third kappa shape index (κ3) is 10.8. The molecule has 0 fully saturated rings. The van der Waals surface area contributed by atoms with E-state index in [2.05, 4.69) is 30.7 Å². The molecule has 0 bridgehead atoms. The molecule has 0 aliphatic carbocycles. The van der Waals surface area contributed by atoms with Crippen LogP contribution in [0.3, 0.4) is 0 Å². The summed E-state index contributed by atoms with van der Waals surface area (Å²) in [5.41, 5.74) is 2.76. The zero-order chi connectivity index (χ0) is 20.4. The number of thiazole rings is 1. The summed E-state index contributed by atoms with van der Waals surface area (Å²) in [5, 5.41) is 9.67. The number of aliphatic imine (C=N–C) groups is 1. The molecule has 1 heterocycles. The molecule has 2 N–H and O–H groups in total. The fourth-order valence-electron chi connectivity index (χ4n) is 2.41. The molecule has 0 radical (unpaired) electrons. The van der Waals surface area contributed by atoms with E-state index in [1.807, 2.05) is 19.1 Å². The number of alkyl halides is 3. The molecule has 162 valence electrons. The van der Waals surface area contributed by atoms with E-state index >= 15 is 0 Å². The second-order valence-electron chi connectivity index (χ2n) is 6.26. The van der Waals surface area contributed by atoms with Crippen LogP contribution >= 0.6 is 35.3 Å². The highest BCUT2D eigenvalue weighted by atomic mass is 127. The van der Waals surface area contributed by atoms with E-state index in [9.17, 15) is 13.2 Å². The van der Waals surface area contributed by atoms with Crippen LogP contribution in [-0.4, -0.2) is 37.3 Å². The standard InChI is InChI=1S/C19H25F3N4OS.HI/c1-14-12-28-17(26-14)4-3-9-24-18(23-2)25-10-15-5-7-16(8-6-15)11-27-13-19(20,21)22;/h5-8,12H,3-4,9-11,13H2,1-2H3,(H2,23,24,25);1H. The van der Waals surface area contributed by atoms with Crippen molar-refractivity contribution < 1.29 is 17.9 Å². The molecule has 0 aliphatic heterocycles. The lowest BCUT2D eigenvalue weighted by atomic mass is 10.1. The van der Waals surface area contributed by atoms with Gasteiger partial charge < -0.3 is 15.4 Å². The number of rotatable bonds is 9. The van der Waals surface area contributed by atoms with Gasteiger partial charge in [-0.1, -0.05) is 24.3 Å². The highest BCUT2D eigenvalue weighted by Gasteiger charge is 2.27. The van der Waals surface area contributed by atoms with Crippen molar-refractivity contribution >= 4 is 41.3 Å². The van der Waals surface area contributed by atoms with Gasteiger partial charge in [-0.3, -0.25) is 4.99 Å². The lowest BCUT2D eigenvalue weighted by Crippen LogP contribution is -2.37. The molecular weight excluding hydrogens is 516 g/mol. The first-order valence-corrected chi connectivity index (χ1v) is 9.81. The van der Waals surface area contributed by atoms with Crippen LogP contribution in [-0.2, 0) is 24.3 Å². The van der Waals surface area contributed by atoms with Gasteiger partial charge in [-0.2, -0.15) is 13.2 Å². The zero-order valence-electron chi connectivity index (χ0n) is 16.4. The van der Waals surface area contributed by atoms with E-state index in [1.54, 1.807) is 30.5 Å². The molecule has 0 aliphatic rings. The number of ether oxygens (including phenoxy) is 1. The van der Waals surface area contributed by atoms with Crippen molar-refractivity contribution in [2.45, 2.75) is 39.1 Å². The molecule has 0 saturated carbocycles. The fraction of sp³-hybridized carbons (Fsp3) is 0.474. The Morgan fingerprint density at radius 3 is 2.45 bits per heavy atom. The van der Waals surface area contributed by atoms with Crippen molar-refractivity contribution in [3.63, 3.8) is 0 Å². The van der Waals surface area contributed by atoms with Gasteiger partial charge in [0.1, 0.15) is 6.61 Å². The van der Waals surface area contributed by atoms with Gasteiger partial charge in [-0.25, -0.2) is 4.98 Å². The molecule has 2 rings (SSSR count). The van der Waals surface area contributed by atoms with Crippen LogP contribution < -0.4 is 10.6 Å². The quantitative estimate of drug-likeness (QED) is 0.213. The highest BCUT2D eigenvalue weighted by molar-refractivity contribution is 14.0. The van der Waals surface area contributed by atoms with Gasteiger partial charge in [0.25, 0.3) is 0 Å². The Balaban J connectivity index is 0.00000420. The summed E-state index contributed by atoms with van der Waals surface area (Å²) in [7, 11) is 1.71. The second kappa shape index (κ2) is 13.0. The van der Waals surface area contributed by atoms with Gasteiger partial charge in [-0.05, 0) is 24.5 Å². The van der Waals surface area contributed by atoms with E-state index in [1.165, 1.54) is 0 Å². The number of hydrogen-bond donors (Lipinski definition) is 2. The Bertz CT molecular complexity index is 751. The third-order valence-electron chi connectivity index (χ3n) is 3.77. The lowest BCUT2D eigenvalue weighted by Gasteiger charge is -2.12. The van der Waals surface area contributed by atoms with Crippen LogP contribution in [0.15, 0.2) is 34.6 Å². The van der Waals surface area contributed by atoms with Crippen molar-refractivity contribution in [3.05, 3.63) is 51.5 Å². The van der Waals surface area contributed by atoms with Crippen LogP contribution in [0.4, 0.5) is 13.2 Å². The largest absolute Gasteiger partial charge is 0.411 e. The Morgan fingerprint density at radius 1 is 1.17 bits per heavy atom. The van der Waals surface area contributed by atoms with Crippen molar-refractivity contribution in [1.29, 1.82) is 0 Å². The monoisotopic (exact) mass is 542 g/mol. The van der Waals surface area contributed by atoms with Crippen LogP contribution in [0.25, 0.3) is 0 Å². The Kier molecular flexibility index (Phi) is 11.5. The van der Waals surface area contributed by atoms with Crippen LogP contribution in [0, 0.1) is 6.92 Å². The summed E-state index contributed by atoms with van der Waals surface area (Å²) in [6.07, 6.45) is -2.41. The van der Waals surface area contributed by atoms with Crippen LogP contribution in [0.5, 0.6) is 0 Å². The molecule has 29 heavy (non-hydrogen) atoms. The Morgan fingerprint density at radius 2 is 1.86 bits per heavy atom.